The van der Waals surface area contributed by atoms with Crippen LogP contribution in [0.4, 0.5) is 0 Å². The van der Waals surface area contributed by atoms with Crippen molar-refractivity contribution >= 4 is 33.6 Å². The van der Waals surface area contributed by atoms with Crippen LogP contribution in [0.5, 0.6) is 0 Å². The summed E-state index contributed by atoms with van der Waals surface area (Å²) in [7, 11) is -9.81. The third kappa shape index (κ3) is 79.8. The lowest BCUT2D eigenvalue weighted by Gasteiger charge is -2.21. The third-order valence-corrected chi connectivity index (χ3v) is 18.3. The Labute approximate surface area is 637 Å². The van der Waals surface area contributed by atoms with E-state index in [0.29, 0.717) is 19.3 Å². The molecule has 5 atom stereocenters. The van der Waals surface area contributed by atoms with Crippen molar-refractivity contribution in [1.29, 1.82) is 0 Å². The van der Waals surface area contributed by atoms with E-state index in [1.54, 1.807) is 0 Å². The predicted octanol–water partition coefficient (Wildman–Crippen LogP) is 24.0. The summed E-state index contributed by atoms with van der Waals surface area (Å²) in [6.45, 7) is 2.39. The molecule has 0 aromatic carbocycles. The van der Waals surface area contributed by atoms with Crippen LogP contribution in [0.15, 0.2) is 170 Å². The van der Waals surface area contributed by atoms with E-state index in [9.17, 15) is 43.5 Å². The number of phosphoric acid groups is 2. The maximum atomic E-state index is 13.0. The molecule has 598 valence electrons. The molecule has 0 fully saturated rings. The van der Waals surface area contributed by atoms with Gasteiger partial charge in [-0.1, -0.05) is 300 Å². The second-order valence-electron chi connectivity index (χ2n) is 26.5. The Kier molecular flexibility index (Phi) is 74.7. The number of allylic oxidation sites excluding steroid dienone is 28. The van der Waals surface area contributed by atoms with Crippen LogP contribution in [0.2, 0.25) is 0 Å². The highest BCUT2D eigenvalue weighted by Crippen LogP contribution is 2.45. The topological polar surface area (TPSA) is 231 Å². The molecule has 0 saturated carbocycles. The molecule has 16 nitrogen and oxygen atoms in total. The Balaban J connectivity index is 4.62. The van der Waals surface area contributed by atoms with Gasteiger partial charge in [-0.3, -0.25) is 32.5 Å². The molecule has 0 aliphatic rings. The normalized spacial score (nSPS) is 14.8. The molecule has 0 aromatic heterocycles. The van der Waals surface area contributed by atoms with Crippen LogP contribution in [-0.2, 0) is 55.8 Å². The van der Waals surface area contributed by atoms with Gasteiger partial charge < -0.3 is 34.2 Å². The maximum Gasteiger partial charge on any atom is 0.472 e. The van der Waals surface area contributed by atoms with Crippen molar-refractivity contribution in [3.63, 3.8) is 0 Å². The van der Waals surface area contributed by atoms with Crippen LogP contribution in [0.25, 0.3) is 0 Å². The number of esters is 3. The van der Waals surface area contributed by atoms with Gasteiger partial charge in [0.05, 0.1) is 26.4 Å². The average molecular weight is 1510 g/mol. The largest absolute Gasteiger partial charge is 0.472 e. The molecule has 0 spiro atoms. The Bertz CT molecular complexity index is 2590. The summed E-state index contributed by atoms with van der Waals surface area (Å²) in [5.41, 5.74) is 0. The zero-order valence-corrected chi connectivity index (χ0v) is 67.1. The summed E-state index contributed by atoms with van der Waals surface area (Å²) in [6.07, 6.45) is 99.6. The molecule has 0 aliphatic heterocycles. The second-order valence-corrected chi connectivity index (χ2v) is 29.4. The van der Waals surface area contributed by atoms with Crippen LogP contribution in [-0.4, -0.2) is 95.9 Å². The highest BCUT2D eigenvalue weighted by Gasteiger charge is 2.29. The number of ether oxygens (including phenoxy) is 3. The van der Waals surface area contributed by atoms with Gasteiger partial charge in [-0.2, -0.15) is 0 Å². The first kappa shape index (κ1) is 99.9. The number of hydrogen-bond donors (Lipinski definition) is 4. The number of hydrogen-bond acceptors (Lipinski definition) is 14. The number of unbranched alkanes of at least 4 members (excludes halogenated alkanes) is 24. The minimum atomic E-state index is -4.94. The number of aliphatic hydroxyl groups is 2. The molecule has 0 amide bonds. The van der Waals surface area contributed by atoms with Crippen molar-refractivity contribution in [2.45, 2.75) is 322 Å². The molecule has 105 heavy (non-hydrogen) atoms. The van der Waals surface area contributed by atoms with E-state index >= 15 is 0 Å². The molecule has 0 rings (SSSR count). The molecule has 0 heterocycles. The van der Waals surface area contributed by atoms with Crippen molar-refractivity contribution < 1.29 is 75.8 Å². The Morgan fingerprint density at radius 2 is 0.505 bits per heavy atom. The first-order valence-corrected chi connectivity index (χ1v) is 43.4. The summed E-state index contributed by atoms with van der Waals surface area (Å²) in [5.74, 6) is -1.61. The molecule has 0 radical (unpaired) electrons. The third-order valence-electron chi connectivity index (χ3n) is 16.4. The van der Waals surface area contributed by atoms with Crippen molar-refractivity contribution in [2.24, 2.45) is 0 Å². The Morgan fingerprint density at radius 3 is 0.800 bits per heavy atom. The van der Waals surface area contributed by atoms with Gasteiger partial charge in [-0.05, 0) is 154 Å². The lowest BCUT2D eigenvalue weighted by molar-refractivity contribution is -0.161. The van der Waals surface area contributed by atoms with Crippen LogP contribution in [0.3, 0.4) is 0 Å². The number of carbonyl (C=O) groups is 3. The average Bonchev–Trinajstić information content (AvgIpc) is 0.942. The Hall–Kier alpha value is -5.09. The van der Waals surface area contributed by atoms with Gasteiger partial charge in [-0.15, -0.1) is 0 Å². The zero-order valence-electron chi connectivity index (χ0n) is 65.3. The summed E-state index contributed by atoms with van der Waals surface area (Å²) in [6, 6.07) is 0. The standard InChI is InChI=1S/C87H144O16P2/c1-4-7-10-13-16-19-22-25-28-30-32-34-36-38-40-42-44-46-48-50-53-55-58-61-64-67-70-73-85(90)97-76-82(88)77-99-104(93,94)100-78-83(89)79-101-105(95,96)102-81-84(103-87(92)75-72-69-66-63-60-57-52-27-24-21-18-15-12-9-6-3)80-98-86(91)74-71-68-65-62-59-56-54-51-49-47-45-43-41-39-37-35-33-31-29-26-23-20-17-14-11-8-5-2/h7-8,10-11,16-21,25-29,32-35,38-41,44-47,52,82-84,88-89H,4-6,9,12-15,22-24,30-31,36-37,42-43,48-51,53-81H2,1-3H3,(H,93,94)(H,95,96)/b10-7-,11-8-,19-16-,20-17-,21-18-,28-25-,29-26-,34-32-,35-33-,40-38-,41-39-,46-44-,47-45-,52-27-. The van der Waals surface area contributed by atoms with Gasteiger partial charge >= 0.3 is 33.6 Å². The van der Waals surface area contributed by atoms with Gasteiger partial charge in [0, 0.05) is 19.3 Å². The van der Waals surface area contributed by atoms with Crippen molar-refractivity contribution in [2.75, 3.05) is 39.6 Å². The van der Waals surface area contributed by atoms with Gasteiger partial charge in [0.1, 0.15) is 25.4 Å². The molecule has 4 N–H and O–H groups in total. The monoisotopic (exact) mass is 1510 g/mol. The van der Waals surface area contributed by atoms with Crippen molar-refractivity contribution in [1.82, 2.24) is 0 Å². The lowest BCUT2D eigenvalue weighted by Crippen LogP contribution is -2.30. The Morgan fingerprint density at radius 1 is 0.276 bits per heavy atom. The first-order chi connectivity index (χ1) is 51.2. The van der Waals surface area contributed by atoms with E-state index in [1.807, 2.05) is 0 Å². The summed E-state index contributed by atoms with van der Waals surface area (Å²) >= 11 is 0. The first-order valence-electron chi connectivity index (χ1n) is 40.4. The highest BCUT2D eigenvalue weighted by atomic mass is 31.2. The smallest absolute Gasteiger partial charge is 0.463 e. The number of carbonyl (C=O) groups excluding carboxylic acids is 3. The summed E-state index contributed by atoms with van der Waals surface area (Å²) in [5, 5.41) is 20.6. The lowest BCUT2D eigenvalue weighted by atomic mass is 10.1. The molecule has 5 unspecified atom stereocenters. The van der Waals surface area contributed by atoms with E-state index in [4.69, 9.17) is 32.3 Å². The molecular formula is C87H144O16P2. The van der Waals surface area contributed by atoms with Gasteiger partial charge in [0.25, 0.3) is 0 Å². The minimum absolute atomic E-state index is 0.0814. The molecule has 0 saturated heterocycles. The number of aliphatic hydroxyl groups excluding tert-OH is 2. The van der Waals surface area contributed by atoms with E-state index in [0.717, 1.165) is 199 Å². The molecule has 0 aromatic rings. The fourth-order valence-corrected chi connectivity index (χ4v) is 11.9. The van der Waals surface area contributed by atoms with Crippen LogP contribution in [0.1, 0.15) is 303 Å². The van der Waals surface area contributed by atoms with E-state index in [-0.39, 0.29) is 19.3 Å². The summed E-state index contributed by atoms with van der Waals surface area (Å²) in [4.78, 5) is 58.7. The van der Waals surface area contributed by atoms with Crippen LogP contribution in [0, 0.1) is 0 Å². The predicted molar refractivity (Wildman–Crippen MR) is 435 cm³/mol. The molecule has 0 bridgehead atoms. The van der Waals surface area contributed by atoms with E-state index in [1.165, 1.54) is 44.9 Å². The molecule has 18 heteroatoms. The van der Waals surface area contributed by atoms with E-state index in [2.05, 4.69) is 191 Å². The van der Waals surface area contributed by atoms with Gasteiger partial charge in [0.15, 0.2) is 6.10 Å². The maximum absolute atomic E-state index is 13.0. The second kappa shape index (κ2) is 78.5. The minimum Gasteiger partial charge on any atom is -0.463 e. The van der Waals surface area contributed by atoms with Gasteiger partial charge in [0.2, 0.25) is 0 Å². The van der Waals surface area contributed by atoms with E-state index < -0.39 is 91.5 Å². The SMILES string of the molecule is CC/C=C\C/C=C\C/C=C\C/C=C\C/C=C\C/C=C\CCCCCCCCCCC(=O)OCC(O)COP(=O)(O)OCC(O)COP(=O)(O)OCC(COC(=O)CCCCCCCCCC/C=C\C/C=C\C/C=C\C/C=C\C/C=C\C/C=C\CC)OC(=O)CCCCCCC/C=C\C/C=C\CCCCC. The van der Waals surface area contributed by atoms with Crippen molar-refractivity contribution in [3.8, 4) is 0 Å². The fraction of sp³-hybridized carbons (Fsp3) is 0.644. The van der Waals surface area contributed by atoms with Crippen molar-refractivity contribution in [3.05, 3.63) is 170 Å². The summed E-state index contributed by atoms with van der Waals surface area (Å²) < 4.78 is 61.2. The zero-order chi connectivity index (χ0) is 76.6. The quantitative estimate of drug-likeness (QED) is 0.0146. The molecular weight excluding hydrogens is 1360 g/mol. The molecule has 0 aliphatic carbocycles. The fourth-order valence-electron chi connectivity index (χ4n) is 10.3. The van der Waals surface area contributed by atoms with Crippen LogP contribution < -0.4 is 0 Å². The van der Waals surface area contributed by atoms with Gasteiger partial charge in [-0.25, -0.2) is 9.13 Å². The number of phosphoric ester groups is 2. The highest BCUT2D eigenvalue weighted by molar-refractivity contribution is 7.47. The number of rotatable bonds is 75. The van der Waals surface area contributed by atoms with Crippen LogP contribution >= 0.6 is 15.6 Å².